The van der Waals surface area contributed by atoms with E-state index in [1.807, 2.05) is 36.0 Å². The van der Waals surface area contributed by atoms with Gasteiger partial charge in [0.2, 0.25) is 0 Å². The average molecular weight is 343 g/mol. The zero-order valence-corrected chi connectivity index (χ0v) is 15.7. The van der Waals surface area contributed by atoms with Gasteiger partial charge in [-0.05, 0) is 52.3 Å². The largest absolute Gasteiger partial charge is 0.491 e. The van der Waals surface area contributed by atoms with E-state index in [9.17, 15) is 5.11 Å². The number of aromatic nitrogens is 2. The fourth-order valence-electron chi connectivity index (χ4n) is 3.79. The van der Waals surface area contributed by atoms with E-state index < -0.39 is 6.10 Å². The summed E-state index contributed by atoms with van der Waals surface area (Å²) < 4.78 is 7.69. The lowest BCUT2D eigenvalue weighted by Crippen LogP contribution is -2.35. The fraction of sp³-hybridized carbons (Fsp3) is 0.550. The third-order valence-electron chi connectivity index (χ3n) is 5.17. The zero-order chi connectivity index (χ0) is 18.0. The molecule has 3 rings (SSSR count). The van der Waals surface area contributed by atoms with Crippen LogP contribution in [-0.4, -0.2) is 45.6 Å². The van der Waals surface area contributed by atoms with E-state index in [2.05, 4.69) is 30.8 Å². The number of benzene rings is 1. The van der Waals surface area contributed by atoms with Crippen molar-refractivity contribution in [1.29, 1.82) is 0 Å². The van der Waals surface area contributed by atoms with Gasteiger partial charge in [-0.3, -0.25) is 9.58 Å². The molecule has 5 nitrogen and oxygen atoms in total. The number of hydrogen-bond acceptors (Lipinski definition) is 4. The molecule has 1 saturated heterocycles. The Balaban J connectivity index is 1.60. The molecule has 1 aromatic heterocycles. The van der Waals surface area contributed by atoms with E-state index in [4.69, 9.17) is 4.74 Å². The maximum Gasteiger partial charge on any atom is 0.119 e. The average Bonchev–Trinajstić information content (AvgIpc) is 3.11. The van der Waals surface area contributed by atoms with Crippen LogP contribution in [0.1, 0.15) is 41.4 Å². The van der Waals surface area contributed by atoms with E-state index in [1.54, 1.807) is 0 Å². The molecule has 136 valence electrons. The summed E-state index contributed by atoms with van der Waals surface area (Å²) in [4.78, 5) is 2.38. The topological polar surface area (TPSA) is 50.5 Å². The molecule has 2 aromatic rings. The van der Waals surface area contributed by atoms with Gasteiger partial charge in [0.1, 0.15) is 18.5 Å². The second-order valence-corrected chi connectivity index (χ2v) is 7.14. The van der Waals surface area contributed by atoms with Crippen molar-refractivity contribution in [2.45, 2.75) is 45.8 Å². The van der Waals surface area contributed by atoms with E-state index in [0.717, 1.165) is 30.8 Å². The normalized spacial score (nSPS) is 19.3. The summed E-state index contributed by atoms with van der Waals surface area (Å²) in [5, 5.41) is 15.0. The predicted octanol–water partition coefficient (Wildman–Crippen LogP) is 2.92. The molecule has 0 aliphatic carbocycles. The molecule has 1 aliphatic heterocycles. The molecule has 2 heterocycles. The summed E-state index contributed by atoms with van der Waals surface area (Å²) in [7, 11) is 2.00. The van der Waals surface area contributed by atoms with Crippen molar-refractivity contribution >= 4 is 0 Å². The van der Waals surface area contributed by atoms with Gasteiger partial charge >= 0.3 is 0 Å². The number of β-amino-alcohol motifs (C(OH)–C–C–N with tert-alkyl or cyclic N) is 1. The van der Waals surface area contributed by atoms with Crippen LogP contribution < -0.4 is 4.74 Å². The number of aliphatic hydroxyl groups excluding tert-OH is 1. The van der Waals surface area contributed by atoms with Crippen LogP contribution in [0.15, 0.2) is 24.3 Å². The van der Waals surface area contributed by atoms with Crippen molar-refractivity contribution in [1.82, 2.24) is 14.7 Å². The lowest BCUT2D eigenvalue weighted by atomic mass is 10.0. The van der Waals surface area contributed by atoms with Crippen LogP contribution in [0.4, 0.5) is 0 Å². The first-order valence-electron chi connectivity index (χ1n) is 9.07. The smallest absolute Gasteiger partial charge is 0.119 e. The minimum absolute atomic E-state index is 0.317. The van der Waals surface area contributed by atoms with E-state index in [0.29, 0.717) is 19.2 Å². The van der Waals surface area contributed by atoms with Crippen LogP contribution in [0, 0.1) is 20.8 Å². The SMILES string of the molecule is Cc1ccc(OCC(O)CN2CCCC2c2c(C)nn(C)c2C)cc1. The van der Waals surface area contributed by atoms with E-state index >= 15 is 0 Å². The maximum atomic E-state index is 10.4. The summed E-state index contributed by atoms with van der Waals surface area (Å²) in [5.74, 6) is 0.807. The number of ether oxygens (including phenoxy) is 1. The molecule has 25 heavy (non-hydrogen) atoms. The highest BCUT2D eigenvalue weighted by molar-refractivity contribution is 5.29. The first-order valence-corrected chi connectivity index (χ1v) is 9.07. The third-order valence-corrected chi connectivity index (χ3v) is 5.17. The first-order chi connectivity index (χ1) is 12.0. The Labute approximate surface area is 150 Å². The molecule has 2 atom stereocenters. The zero-order valence-electron chi connectivity index (χ0n) is 15.7. The number of likely N-dealkylation sites (tertiary alicyclic amines) is 1. The molecule has 0 spiro atoms. The van der Waals surface area contributed by atoms with Crippen LogP contribution in [0.2, 0.25) is 0 Å². The lowest BCUT2D eigenvalue weighted by molar-refractivity contribution is 0.0637. The quantitative estimate of drug-likeness (QED) is 0.876. The number of nitrogens with zero attached hydrogens (tertiary/aromatic N) is 3. The Morgan fingerprint density at radius 3 is 2.60 bits per heavy atom. The molecule has 1 aromatic carbocycles. The van der Waals surface area contributed by atoms with Crippen LogP contribution in [0.3, 0.4) is 0 Å². The van der Waals surface area contributed by atoms with Crippen LogP contribution in [-0.2, 0) is 7.05 Å². The molecule has 0 amide bonds. The minimum atomic E-state index is -0.501. The van der Waals surface area contributed by atoms with Crippen LogP contribution in [0.25, 0.3) is 0 Å². The standard InChI is InChI=1S/C20H29N3O2/c1-14-7-9-18(10-8-14)25-13-17(24)12-23-11-5-6-19(23)20-15(2)21-22(4)16(20)3/h7-10,17,19,24H,5-6,11-13H2,1-4H3. The van der Waals surface area contributed by atoms with Crippen molar-refractivity contribution in [2.24, 2.45) is 7.05 Å². The van der Waals surface area contributed by atoms with Gasteiger partial charge in [0.05, 0.1) is 5.69 Å². The highest BCUT2D eigenvalue weighted by Crippen LogP contribution is 2.35. The summed E-state index contributed by atoms with van der Waals surface area (Å²) in [6, 6.07) is 8.28. The first kappa shape index (κ1) is 18.0. The summed E-state index contributed by atoms with van der Waals surface area (Å²) >= 11 is 0. The molecular formula is C20H29N3O2. The number of rotatable bonds is 6. The van der Waals surface area contributed by atoms with E-state index in [-0.39, 0.29) is 0 Å². The highest BCUT2D eigenvalue weighted by atomic mass is 16.5. The number of aryl methyl sites for hydroxylation is 3. The Morgan fingerprint density at radius 1 is 1.24 bits per heavy atom. The van der Waals surface area contributed by atoms with Gasteiger partial charge in [-0.25, -0.2) is 0 Å². The monoisotopic (exact) mass is 343 g/mol. The summed E-state index contributed by atoms with van der Waals surface area (Å²) in [6.45, 7) is 8.22. The van der Waals surface area contributed by atoms with Gasteiger partial charge < -0.3 is 9.84 Å². The maximum absolute atomic E-state index is 10.4. The second kappa shape index (κ2) is 7.58. The Morgan fingerprint density at radius 2 is 1.96 bits per heavy atom. The van der Waals surface area contributed by atoms with Crippen molar-refractivity contribution in [3.8, 4) is 5.75 Å². The lowest BCUT2D eigenvalue weighted by Gasteiger charge is -2.27. The van der Waals surface area contributed by atoms with Crippen molar-refractivity contribution in [3.05, 3.63) is 46.8 Å². The van der Waals surface area contributed by atoms with Crippen molar-refractivity contribution in [3.63, 3.8) is 0 Å². The van der Waals surface area contributed by atoms with Gasteiger partial charge in [0.15, 0.2) is 0 Å². The summed E-state index contributed by atoms with van der Waals surface area (Å²) in [5.41, 5.74) is 4.85. The second-order valence-electron chi connectivity index (χ2n) is 7.14. The van der Waals surface area contributed by atoms with Gasteiger partial charge in [-0.15, -0.1) is 0 Å². The Kier molecular flexibility index (Phi) is 5.45. The Bertz CT molecular complexity index is 708. The number of hydrogen-bond donors (Lipinski definition) is 1. The van der Waals surface area contributed by atoms with Gasteiger partial charge in [-0.2, -0.15) is 5.10 Å². The van der Waals surface area contributed by atoms with E-state index in [1.165, 1.54) is 16.8 Å². The predicted molar refractivity (Wildman–Crippen MR) is 98.9 cm³/mol. The molecule has 0 saturated carbocycles. The van der Waals surface area contributed by atoms with Crippen LogP contribution >= 0.6 is 0 Å². The van der Waals surface area contributed by atoms with Crippen molar-refractivity contribution < 1.29 is 9.84 Å². The van der Waals surface area contributed by atoms with Gasteiger partial charge in [0, 0.05) is 30.9 Å². The molecule has 0 radical (unpaired) electrons. The van der Waals surface area contributed by atoms with Crippen LogP contribution in [0.5, 0.6) is 5.75 Å². The number of aliphatic hydroxyl groups is 1. The summed E-state index contributed by atoms with van der Waals surface area (Å²) in [6.07, 6.45) is 1.78. The third kappa shape index (κ3) is 4.05. The Hall–Kier alpha value is -1.85. The highest BCUT2D eigenvalue weighted by Gasteiger charge is 2.31. The molecule has 1 aliphatic rings. The van der Waals surface area contributed by atoms with Gasteiger partial charge in [-0.1, -0.05) is 17.7 Å². The molecule has 0 bridgehead atoms. The van der Waals surface area contributed by atoms with Gasteiger partial charge in [0.25, 0.3) is 0 Å². The fourth-order valence-corrected chi connectivity index (χ4v) is 3.79. The minimum Gasteiger partial charge on any atom is -0.491 e. The molecule has 1 fully saturated rings. The molecule has 1 N–H and O–H groups in total. The molecular weight excluding hydrogens is 314 g/mol. The molecule has 2 unspecified atom stereocenters. The molecule has 5 heteroatoms. The van der Waals surface area contributed by atoms with Crippen molar-refractivity contribution in [2.75, 3.05) is 19.7 Å².